The Morgan fingerprint density at radius 2 is 2.11 bits per heavy atom. The van der Waals surface area contributed by atoms with E-state index in [0.717, 1.165) is 36.4 Å². The lowest BCUT2D eigenvalue weighted by atomic mass is 9.86. The maximum atomic E-state index is 5.79. The van der Waals surface area contributed by atoms with Gasteiger partial charge in [0.25, 0.3) is 0 Å². The van der Waals surface area contributed by atoms with E-state index < -0.39 is 0 Å². The summed E-state index contributed by atoms with van der Waals surface area (Å²) in [6.45, 7) is 9.93. The second-order valence-corrected chi connectivity index (χ2v) is 5.97. The van der Waals surface area contributed by atoms with Gasteiger partial charge in [0.05, 0.1) is 0 Å². The van der Waals surface area contributed by atoms with E-state index in [4.69, 9.17) is 10.5 Å². The maximum Gasteiger partial charge on any atom is 0.121 e. The van der Waals surface area contributed by atoms with Gasteiger partial charge in [0.15, 0.2) is 0 Å². The summed E-state index contributed by atoms with van der Waals surface area (Å²) in [4.78, 5) is 2.55. The van der Waals surface area contributed by atoms with Gasteiger partial charge in [0.1, 0.15) is 12.4 Å². The highest BCUT2D eigenvalue weighted by molar-refractivity contribution is 5.43. The molecule has 1 heterocycles. The number of hydrogen-bond acceptors (Lipinski definition) is 3. The first-order chi connectivity index (χ1) is 9.06. The molecule has 1 fully saturated rings. The van der Waals surface area contributed by atoms with Crippen molar-refractivity contribution in [3.05, 3.63) is 24.3 Å². The lowest BCUT2D eigenvalue weighted by Gasteiger charge is -2.41. The van der Waals surface area contributed by atoms with Crippen LogP contribution in [0.4, 0.5) is 5.69 Å². The highest BCUT2D eigenvalue weighted by Crippen LogP contribution is 2.26. The smallest absolute Gasteiger partial charge is 0.121 e. The molecule has 1 saturated heterocycles. The topological polar surface area (TPSA) is 38.5 Å². The average Bonchev–Trinajstić information content (AvgIpc) is 2.35. The third kappa shape index (κ3) is 3.87. The van der Waals surface area contributed by atoms with E-state index >= 15 is 0 Å². The zero-order valence-corrected chi connectivity index (χ0v) is 12.3. The molecular formula is C16H26N2O. The van der Waals surface area contributed by atoms with Gasteiger partial charge in [-0.2, -0.15) is 0 Å². The molecule has 1 aliphatic rings. The van der Waals surface area contributed by atoms with Crippen LogP contribution in [-0.2, 0) is 0 Å². The highest BCUT2D eigenvalue weighted by atomic mass is 16.5. The summed E-state index contributed by atoms with van der Waals surface area (Å²) in [6, 6.07) is 8.30. The summed E-state index contributed by atoms with van der Waals surface area (Å²) in [5.41, 5.74) is 6.50. The Bertz CT molecular complexity index is 407. The van der Waals surface area contributed by atoms with Crippen LogP contribution in [0.2, 0.25) is 0 Å². The van der Waals surface area contributed by atoms with E-state index in [2.05, 4.69) is 25.7 Å². The monoisotopic (exact) mass is 262 g/mol. The van der Waals surface area contributed by atoms with Crippen LogP contribution in [0.5, 0.6) is 5.75 Å². The van der Waals surface area contributed by atoms with Crippen molar-refractivity contribution in [3.63, 3.8) is 0 Å². The van der Waals surface area contributed by atoms with E-state index in [9.17, 15) is 0 Å². The second kappa shape index (κ2) is 6.29. The normalized spacial score (nSPS) is 28.3. The van der Waals surface area contributed by atoms with Crippen LogP contribution in [0, 0.1) is 11.8 Å². The van der Waals surface area contributed by atoms with Gasteiger partial charge in [0, 0.05) is 30.9 Å². The molecule has 106 valence electrons. The highest BCUT2D eigenvalue weighted by Gasteiger charge is 2.28. The van der Waals surface area contributed by atoms with Crippen LogP contribution >= 0.6 is 0 Å². The summed E-state index contributed by atoms with van der Waals surface area (Å²) in [5, 5.41) is 0. The minimum absolute atomic E-state index is 0.653. The lowest BCUT2D eigenvalue weighted by molar-refractivity contribution is 0.0665. The van der Waals surface area contributed by atoms with Gasteiger partial charge in [0.2, 0.25) is 0 Å². The fourth-order valence-corrected chi connectivity index (χ4v) is 3.01. The van der Waals surface area contributed by atoms with Crippen LogP contribution in [0.1, 0.15) is 27.2 Å². The number of nitrogen functional groups attached to an aromatic ring is 1. The van der Waals surface area contributed by atoms with Crippen molar-refractivity contribution in [2.75, 3.05) is 25.4 Å². The lowest BCUT2D eigenvalue weighted by Crippen LogP contribution is -2.47. The summed E-state index contributed by atoms with van der Waals surface area (Å²) in [7, 11) is 0. The number of anilines is 1. The van der Waals surface area contributed by atoms with E-state index in [-0.39, 0.29) is 0 Å². The molecule has 1 aromatic rings. The Morgan fingerprint density at radius 3 is 2.84 bits per heavy atom. The number of nitrogens with two attached hydrogens (primary N) is 1. The number of rotatable bonds is 4. The average molecular weight is 262 g/mol. The predicted molar refractivity (Wildman–Crippen MR) is 80.3 cm³/mol. The van der Waals surface area contributed by atoms with E-state index in [1.54, 1.807) is 0 Å². The largest absolute Gasteiger partial charge is 0.492 e. The van der Waals surface area contributed by atoms with Crippen molar-refractivity contribution in [3.8, 4) is 5.75 Å². The molecule has 19 heavy (non-hydrogen) atoms. The van der Waals surface area contributed by atoms with Crippen molar-refractivity contribution in [2.45, 2.75) is 33.2 Å². The van der Waals surface area contributed by atoms with Gasteiger partial charge in [-0.15, -0.1) is 0 Å². The Balaban J connectivity index is 1.81. The Hall–Kier alpha value is -1.22. The summed E-state index contributed by atoms with van der Waals surface area (Å²) < 4.78 is 5.79. The van der Waals surface area contributed by atoms with Crippen molar-refractivity contribution in [1.29, 1.82) is 0 Å². The standard InChI is InChI=1S/C16H26N2O/c1-12-9-13(2)14(3)18(11-12)7-8-19-16-6-4-5-15(17)10-16/h4-6,10,12-14H,7-9,11,17H2,1-3H3. The van der Waals surface area contributed by atoms with Crippen molar-refractivity contribution >= 4 is 5.69 Å². The second-order valence-electron chi connectivity index (χ2n) is 5.97. The zero-order valence-electron chi connectivity index (χ0n) is 12.3. The molecule has 0 radical (unpaired) electrons. The quantitative estimate of drug-likeness (QED) is 0.848. The molecule has 2 rings (SSSR count). The molecule has 2 N–H and O–H groups in total. The molecule has 0 aromatic heterocycles. The maximum absolute atomic E-state index is 5.79. The fourth-order valence-electron chi connectivity index (χ4n) is 3.01. The molecule has 0 aliphatic carbocycles. The molecule has 0 saturated carbocycles. The molecule has 1 aliphatic heterocycles. The third-order valence-corrected chi connectivity index (χ3v) is 4.23. The molecule has 3 heteroatoms. The fraction of sp³-hybridized carbons (Fsp3) is 0.625. The van der Waals surface area contributed by atoms with Crippen molar-refractivity contribution in [2.24, 2.45) is 11.8 Å². The van der Waals surface area contributed by atoms with E-state index in [1.165, 1.54) is 13.0 Å². The zero-order chi connectivity index (χ0) is 13.8. The number of nitrogens with zero attached hydrogens (tertiary/aromatic N) is 1. The Kier molecular flexibility index (Phi) is 4.70. The third-order valence-electron chi connectivity index (χ3n) is 4.23. The minimum atomic E-state index is 0.653. The van der Waals surface area contributed by atoms with Crippen LogP contribution in [0.15, 0.2) is 24.3 Å². The Labute approximate surface area is 116 Å². The van der Waals surface area contributed by atoms with Gasteiger partial charge in [-0.1, -0.05) is 19.9 Å². The molecule has 3 unspecified atom stereocenters. The first-order valence-electron chi connectivity index (χ1n) is 7.28. The van der Waals surface area contributed by atoms with Gasteiger partial charge >= 0.3 is 0 Å². The number of benzene rings is 1. The van der Waals surface area contributed by atoms with Gasteiger partial charge < -0.3 is 10.5 Å². The minimum Gasteiger partial charge on any atom is -0.492 e. The van der Waals surface area contributed by atoms with Crippen molar-refractivity contribution < 1.29 is 4.74 Å². The summed E-state index contributed by atoms with van der Waals surface area (Å²) >= 11 is 0. The molecule has 0 amide bonds. The first kappa shape index (κ1) is 14.2. The Morgan fingerprint density at radius 1 is 1.32 bits per heavy atom. The van der Waals surface area contributed by atoms with Crippen LogP contribution in [0.25, 0.3) is 0 Å². The molecule has 3 nitrogen and oxygen atoms in total. The van der Waals surface area contributed by atoms with Gasteiger partial charge in [-0.3, -0.25) is 4.90 Å². The molecule has 1 aromatic carbocycles. The predicted octanol–water partition coefficient (Wildman–Crippen LogP) is 3.01. The summed E-state index contributed by atoms with van der Waals surface area (Å²) in [5.74, 6) is 2.43. The number of piperidine rings is 1. The molecule has 0 bridgehead atoms. The number of likely N-dealkylation sites (tertiary alicyclic amines) is 1. The van der Waals surface area contributed by atoms with Crippen LogP contribution < -0.4 is 10.5 Å². The molecular weight excluding hydrogens is 236 g/mol. The SMILES string of the molecule is CC1CC(C)C(C)N(CCOc2cccc(N)c2)C1. The van der Waals surface area contributed by atoms with Gasteiger partial charge in [-0.25, -0.2) is 0 Å². The molecule has 0 spiro atoms. The van der Waals surface area contributed by atoms with Crippen LogP contribution in [0.3, 0.4) is 0 Å². The van der Waals surface area contributed by atoms with Crippen molar-refractivity contribution in [1.82, 2.24) is 4.90 Å². The van der Waals surface area contributed by atoms with E-state index in [0.29, 0.717) is 6.04 Å². The van der Waals surface area contributed by atoms with Crippen LogP contribution in [-0.4, -0.2) is 30.6 Å². The number of hydrogen-bond donors (Lipinski definition) is 1. The molecule has 3 atom stereocenters. The van der Waals surface area contributed by atoms with E-state index in [1.807, 2.05) is 24.3 Å². The summed E-state index contributed by atoms with van der Waals surface area (Å²) in [6.07, 6.45) is 1.34. The first-order valence-corrected chi connectivity index (χ1v) is 7.28. The van der Waals surface area contributed by atoms with Gasteiger partial charge in [-0.05, 0) is 37.3 Å². The number of ether oxygens (including phenoxy) is 1.